The summed E-state index contributed by atoms with van der Waals surface area (Å²) >= 11 is -2.06. The van der Waals surface area contributed by atoms with Gasteiger partial charge in [0.2, 0.25) is 0 Å². The molecule has 0 aromatic heterocycles. The second-order valence-electron chi connectivity index (χ2n) is 4.85. The Morgan fingerprint density at radius 2 is 0.667 bits per heavy atom. The molecule has 140 valence electrons. The summed E-state index contributed by atoms with van der Waals surface area (Å²) < 4.78 is 4.61. The third kappa shape index (κ3) is 9.27. The molecule has 0 bridgehead atoms. The van der Waals surface area contributed by atoms with E-state index in [1.807, 2.05) is 0 Å². The van der Waals surface area contributed by atoms with Crippen molar-refractivity contribution in [3.8, 4) is 0 Å². The number of hydrogen-bond donors (Lipinski definition) is 4. The fraction of sp³-hybridized carbons (Fsp3) is 0. The van der Waals surface area contributed by atoms with E-state index in [4.69, 9.17) is 30.6 Å². The Morgan fingerprint density at radius 1 is 0.481 bits per heavy atom. The molecule has 3 aromatic rings. The van der Waals surface area contributed by atoms with Gasteiger partial charge in [-0.1, -0.05) is 0 Å². The molecule has 0 saturated carbocycles. The Kier molecular flexibility index (Phi) is 10.0. The van der Waals surface area contributed by atoms with E-state index in [9.17, 15) is 0 Å². The van der Waals surface area contributed by atoms with Gasteiger partial charge in [-0.25, -0.2) is 20.8 Å². The molecule has 3 aromatic carbocycles. The first-order chi connectivity index (χ1) is 12.9. The van der Waals surface area contributed by atoms with Crippen LogP contribution in [0.3, 0.4) is 0 Å². The monoisotopic (exact) mass is 568 g/mol. The molecule has 27 heavy (non-hydrogen) atoms. The third-order valence-electron chi connectivity index (χ3n) is 3.04. The summed E-state index contributed by atoms with van der Waals surface area (Å²) in [6.45, 7) is 0. The minimum atomic E-state index is -2.06. The second kappa shape index (κ2) is 12.3. The van der Waals surface area contributed by atoms with Crippen LogP contribution >= 0.6 is 0 Å². The zero-order valence-electron chi connectivity index (χ0n) is 14.1. The Balaban J connectivity index is 0.000000390. The first-order valence-corrected chi connectivity index (χ1v) is 12.8. The Hall–Kier alpha value is -3.06. The van der Waals surface area contributed by atoms with E-state index >= 15 is 0 Å². The van der Waals surface area contributed by atoms with Crippen LogP contribution in [0.2, 0.25) is 0 Å². The van der Waals surface area contributed by atoms with Gasteiger partial charge in [0.15, 0.2) is 0 Å². The van der Waals surface area contributed by atoms with Crippen LogP contribution in [0.5, 0.6) is 0 Å². The molecule has 8 nitrogen and oxygen atoms in total. The Bertz CT molecular complexity index is 705. The summed E-state index contributed by atoms with van der Waals surface area (Å²) in [5, 5.41) is 25.1. The molecule has 0 atom stereocenters. The summed E-state index contributed by atoms with van der Waals surface area (Å²) in [5.74, 6) is 0. The van der Waals surface area contributed by atoms with Crippen LogP contribution in [0, 0.1) is 9.81 Å². The number of hydrogen-bond acceptors (Lipinski definition) is 2. The zero-order valence-corrected chi connectivity index (χ0v) is 17.6. The summed E-state index contributed by atoms with van der Waals surface area (Å²) in [5.41, 5.74) is 0. The molecule has 0 amide bonds. The molecular weight excluding hydrogens is 549 g/mol. The zero-order chi connectivity index (χ0) is 20.1. The van der Waals surface area contributed by atoms with Gasteiger partial charge in [0.05, 0.1) is 0 Å². The summed E-state index contributed by atoms with van der Waals surface area (Å²) in [6, 6.07) is 33.0. The van der Waals surface area contributed by atoms with Crippen molar-refractivity contribution in [3.63, 3.8) is 0 Å². The van der Waals surface area contributed by atoms with Crippen molar-refractivity contribution in [1.82, 2.24) is 0 Å². The van der Waals surface area contributed by atoms with Crippen LogP contribution in [0.1, 0.15) is 0 Å². The van der Waals surface area contributed by atoms with E-state index in [-0.39, 0.29) is 0 Å². The molecule has 0 aliphatic heterocycles. The van der Waals surface area contributed by atoms with Crippen molar-refractivity contribution in [2.45, 2.75) is 0 Å². The molecular formula is C18H19BiN2O6+2. The molecule has 0 spiro atoms. The first-order valence-electron chi connectivity index (χ1n) is 7.57. The van der Waals surface area contributed by atoms with Gasteiger partial charge in [0.25, 0.3) is 0 Å². The van der Waals surface area contributed by atoms with Crippen molar-refractivity contribution in [2.24, 2.45) is 0 Å². The van der Waals surface area contributed by atoms with Gasteiger partial charge < -0.3 is 0 Å². The van der Waals surface area contributed by atoms with Gasteiger partial charge in [-0.05, 0) is 0 Å². The molecule has 4 N–H and O–H groups in total. The van der Waals surface area contributed by atoms with E-state index < -0.39 is 31.9 Å². The normalized spacial score (nSPS) is 9.22. The average Bonchev–Trinajstić information content (AvgIpc) is 2.64. The van der Waals surface area contributed by atoms with Crippen LogP contribution in [0.4, 0.5) is 0 Å². The van der Waals surface area contributed by atoms with E-state index in [0.717, 1.165) is 0 Å². The maximum absolute atomic E-state index is 8.47. The predicted octanol–water partition coefficient (Wildman–Crippen LogP) is 1.29. The quantitative estimate of drug-likeness (QED) is 0.279. The second-order valence-corrected chi connectivity index (χ2v) is 13.5. The number of benzene rings is 3. The minimum absolute atomic E-state index is 1.25. The van der Waals surface area contributed by atoms with E-state index in [1.54, 1.807) is 0 Å². The molecule has 0 saturated heterocycles. The van der Waals surface area contributed by atoms with Crippen LogP contribution in [-0.4, -0.2) is 52.8 Å². The van der Waals surface area contributed by atoms with Crippen LogP contribution in [-0.2, 0) is 0 Å². The molecule has 0 aliphatic rings. The van der Waals surface area contributed by atoms with Gasteiger partial charge >= 0.3 is 133 Å². The molecule has 0 radical (unpaired) electrons. The molecule has 0 heterocycles. The van der Waals surface area contributed by atoms with Crippen molar-refractivity contribution in [2.75, 3.05) is 0 Å². The van der Waals surface area contributed by atoms with Gasteiger partial charge in [-0.2, -0.15) is 0 Å². The standard InChI is InChI=1S/3C6H5.Bi.2H2NO3/c3*1-2-4-6-5-3-1;;2*2-1(3)4/h3*1-5H;;2*(H2,2,3,4)/q;;;;2*+1. The maximum atomic E-state index is 8.47. The molecule has 0 fully saturated rings. The molecule has 0 aliphatic carbocycles. The van der Waals surface area contributed by atoms with Crippen molar-refractivity contribution in [3.05, 3.63) is 101 Å². The van der Waals surface area contributed by atoms with Gasteiger partial charge in [-0.15, -0.1) is 0 Å². The van der Waals surface area contributed by atoms with Crippen molar-refractivity contribution >= 4 is 31.6 Å². The molecule has 9 heteroatoms. The first kappa shape index (κ1) is 22.0. The van der Waals surface area contributed by atoms with E-state index in [2.05, 4.69) is 91.0 Å². The fourth-order valence-corrected chi connectivity index (χ4v) is 11.1. The topological polar surface area (TPSA) is 121 Å². The fourth-order valence-electron chi connectivity index (χ4n) is 2.18. The van der Waals surface area contributed by atoms with Crippen molar-refractivity contribution in [1.29, 1.82) is 0 Å². The van der Waals surface area contributed by atoms with E-state index in [1.165, 1.54) is 9.81 Å². The van der Waals surface area contributed by atoms with Crippen molar-refractivity contribution < 1.29 is 31.0 Å². The average molecular weight is 568 g/mol. The van der Waals surface area contributed by atoms with E-state index in [0.29, 0.717) is 0 Å². The predicted molar refractivity (Wildman–Crippen MR) is 98.4 cm³/mol. The van der Waals surface area contributed by atoms with Crippen LogP contribution < -0.4 is 9.81 Å². The van der Waals surface area contributed by atoms with Gasteiger partial charge in [0.1, 0.15) is 9.81 Å². The number of rotatable bonds is 3. The summed E-state index contributed by atoms with van der Waals surface area (Å²) in [6.07, 6.45) is 0. The SMILES string of the molecule is O=[N+](O)O.O=[N+](O)O.c1cc[c]([Bi]([c]2ccccc2)[c]2ccccc2)cc1. The summed E-state index contributed by atoms with van der Waals surface area (Å²) in [4.78, 5) is 16.9. The molecule has 3 rings (SSSR count). The number of nitrogens with zero attached hydrogens (tertiary/aromatic N) is 2. The van der Waals surface area contributed by atoms with Crippen LogP contribution in [0.25, 0.3) is 0 Å². The van der Waals surface area contributed by atoms with Crippen LogP contribution in [0.15, 0.2) is 91.0 Å². The van der Waals surface area contributed by atoms with Gasteiger partial charge in [0, 0.05) is 0 Å². The third-order valence-corrected chi connectivity index (χ3v) is 12.5. The van der Waals surface area contributed by atoms with Gasteiger partial charge in [-0.3, -0.25) is 0 Å². The Labute approximate surface area is 163 Å². The Morgan fingerprint density at radius 3 is 0.852 bits per heavy atom. The summed E-state index contributed by atoms with van der Waals surface area (Å²) in [7, 11) is 0. The molecule has 0 unspecified atom stereocenters.